The molecule has 10 heteroatoms. The van der Waals surface area contributed by atoms with E-state index in [1.807, 2.05) is 30.9 Å². The van der Waals surface area contributed by atoms with Crippen LogP contribution in [0.25, 0.3) is 0 Å². The SMILES string of the molecule is CCN(CC)c1ccc(S(=O)(=O)N2CCOCC2)cc1NC(=O)C1CC(=O)Nc2ccccc21. The van der Waals surface area contributed by atoms with E-state index in [1.165, 1.54) is 10.4 Å². The van der Waals surface area contributed by atoms with Crippen molar-refractivity contribution in [1.29, 1.82) is 0 Å². The number of carbonyl (C=O) groups is 2. The molecule has 1 fully saturated rings. The molecule has 2 aromatic rings. The second-order valence-corrected chi connectivity index (χ2v) is 10.2. The van der Waals surface area contributed by atoms with Crippen molar-refractivity contribution in [2.45, 2.75) is 31.1 Å². The van der Waals surface area contributed by atoms with Gasteiger partial charge in [-0.15, -0.1) is 0 Å². The van der Waals surface area contributed by atoms with Crippen molar-refractivity contribution in [2.24, 2.45) is 0 Å². The summed E-state index contributed by atoms with van der Waals surface area (Å²) in [4.78, 5) is 27.8. The van der Waals surface area contributed by atoms with Gasteiger partial charge in [-0.2, -0.15) is 4.31 Å². The van der Waals surface area contributed by atoms with E-state index < -0.39 is 15.9 Å². The highest BCUT2D eigenvalue weighted by Gasteiger charge is 2.32. The lowest BCUT2D eigenvalue weighted by molar-refractivity contribution is -0.123. The van der Waals surface area contributed by atoms with Crippen molar-refractivity contribution in [3.63, 3.8) is 0 Å². The first-order valence-corrected chi connectivity index (χ1v) is 13.0. The van der Waals surface area contributed by atoms with Crippen LogP contribution < -0.4 is 15.5 Å². The van der Waals surface area contributed by atoms with Crippen molar-refractivity contribution in [3.05, 3.63) is 48.0 Å². The van der Waals surface area contributed by atoms with Crippen LogP contribution in [0.5, 0.6) is 0 Å². The summed E-state index contributed by atoms with van der Waals surface area (Å²) in [7, 11) is -3.74. The van der Waals surface area contributed by atoms with E-state index in [2.05, 4.69) is 10.6 Å². The Hall–Kier alpha value is -2.95. The summed E-state index contributed by atoms with van der Waals surface area (Å²) in [5, 5.41) is 5.74. The fourth-order valence-corrected chi connectivity index (χ4v) is 5.85. The van der Waals surface area contributed by atoms with E-state index in [0.717, 1.165) is 11.3 Å². The zero-order valence-electron chi connectivity index (χ0n) is 19.4. The van der Waals surface area contributed by atoms with Gasteiger partial charge in [0.2, 0.25) is 21.8 Å². The highest BCUT2D eigenvalue weighted by molar-refractivity contribution is 7.89. The number of morpholine rings is 1. The predicted octanol–water partition coefficient (Wildman–Crippen LogP) is 2.62. The largest absolute Gasteiger partial charge is 0.379 e. The number of hydrogen-bond acceptors (Lipinski definition) is 6. The lowest BCUT2D eigenvalue weighted by atomic mass is 9.89. The monoisotopic (exact) mass is 486 g/mol. The molecule has 0 bridgehead atoms. The smallest absolute Gasteiger partial charge is 0.243 e. The molecule has 1 atom stereocenters. The van der Waals surface area contributed by atoms with Crippen LogP contribution >= 0.6 is 0 Å². The fourth-order valence-electron chi connectivity index (χ4n) is 4.42. The lowest BCUT2D eigenvalue weighted by Gasteiger charge is -2.29. The molecule has 4 rings (SSSR count). The minimum Gasteiger partial charge on any atom is -0.379 e. The molecule has 2 heterocycles. The summed E-state index contributed by atoms with van der Waals surface area (Å²) in [5.74, 6) is -1.25. The Kier molecular flexibility index (Phi) is 7.20. The summed E-state index contributed by atoms with van der Waals surface area (Å²) >= 11 is 0. The topological polar surface area (TPSA) is 108 Å². The molecule has 2 aromatic carbocycles. The maximum atomic E-state index is 13.4. The second kappa shape index (κ2) is 10.1. The Morgan fingerprint density at radius 1 is 1.15 bits per heavy atom. The molecule has 0 spiro atoms. The fraction of sp³-hybridized carbons (Fsp3) is 0.417. The van der Waals surface area contributed by atoms with Crippen molar-refractivity contribution >= 4 is 38.9 Å². The van der Waals surface area contributed by atoms with Crippen LogP contribution in [0, 0.1) is 0 Å². The first-order valence-electron chi connectivity index (χ1n) is 11.5. The van der Waals surface area contributed by atoms with E-state index >= 15 is 0 Å². The third-order valence-electron chi connectivity index (χ3n) is 6.25. The number of anilines is 3. The molecule has 2 N–H and O–H groups in total. The summed E-state index contributed by atoms with van der Waals surface area (Å²) < 4.78 is 33.2. The van der Waals surface area contributed by atoms with Gasteiger partial charge < -0.3 is 20.3 Å². The van der Waals surface area contributed by atoms with E-state index in [1.54, 1.807) is 24.3 Å². The van der Waals surface area contributed by atoms with Crippen LogP contribution in [0.2, 0.25) is 0 Å². The number of carbonyl (C=O) groups excluding carboxylic acids is 2. The number of benzene rings is 2. The molecule has 9 nitrogen and oxygen atoms in total. The molecular weight excluding hydrogens is 456 g/mol. The molecule has 1 unspecified atom stereocenters. The van der Waals surface area contributed by atoms with Crippen LogP contribution in [0.1, 0.15) is 31.7 Å². The second-order valence-electron chi connectivity index (χ2n) is 8.25. The molecule has 1 saturated heterocycles. The van der Waals surface area contributed by atoms with Gasteiger partial charge in [0, 0.05) is 38.3 Å². The standard InChI is InChI=1S/C24H30N4O5S/c1-3-27(4-2)22-10-9-17(34(31,32)28-11-13-33-14-12-28)15-21(22)26-24(30)19-16-23(29)25-20-8-6-5-7-18(19)20/h5-10,15,19H,3-4,11-14,16H2,1-2H3,(H,25,29)(H,26,30). The number of ether oxygens (including phenoxy) is 1. The third kappa shape index (κ3) is 4.79. The number of fused-ring (bicyclic) bond motifs is 1. The Balaban J connectivity index is 1.70. The average molecular weight is 487 g/mol. The lowest BCUT2D eigenvalue weighted by Crippen LogP contribution is -2.40. The zero-order chi connectivity index (χ0) is 24.3. The predicted molar refractivity (Wildman–Crippen MR) is 131 cm³/mol. The van der Waals surface area contributed by atoms with Gasteiger partial charge in [0.05, 0.1) is 35.4 Å². The molecule has 2 aliphatic heterocycles. The third-order valence-corrected chi connectivity index (χ3v) is 8.15. The van der Waals surface area contributed by atoms with Gasteiger partial charge >= 0.3 is 0 Å². The van der Waals surface area contributed by atoms with Crippen LogP contribution in [0.4, 0.5) is 17.1 Å². The number of rotatable bonds is 7. The van der Waals surface area contributed by atoms with Crippen molar-refractivity contribution < 1.29 is 22.7 Å². The summed E-state index contributed by atoms with van der Waals surface area (Å²) in [6.07, 6.45) is 0.0230. The Bertz CT molecular complexity index is 1170. The summed E-state index contributed by atoms with van der Waals surface area (Å²) in [6, 6.07) is 12.1. The number of amides is 2. The minimum absolute atomic E-state index is 0.0230. The molecule has 0 aliphatic carbocycles. The van der Waals surface area contributed by atoms with E-state index in [0.29, 0.717) is 37.7 Å². The van der Waals surface area contributed by atoms with E-state index in [4.69, 9.17) is 4.74 Å². The molecule has 0 aromatic heterocycles. The molecule has 182 valence electrons. The van der Waals surface area contributed by atoms with Crippen LogP contribution in [0.15, 0.2) is 47.4 Å². The van der Waals surface area contributed by atoms with Gasteiger partial charge in [-0.25, -0.2) is 8.42 Å². The maximum absolute atomic E-state index is 13.4. The minimum atomic E-state index is -3.74. The molecule has 34 heavy (non-hydrogen) atoms. The molecule has 2 aliphatic rings. The van der Waals surface area contributed by atoms with E-state index in [9.17, 15) is 18.0 Å². The van der Waals surface area contributed by atoms with Crippen LogP contribution in [-0.2, 0) is 24.3 Å². The van der Waals surface area contributed by atoms with Gasteiger partial charge in [-0.1, -0.05) is 18.2 Å². The number of sulfonamides is 1. The molecule has 0 saturated carbocycles. The van der Waals surface area contributed by atoms with E-state index in [-0.39, 0.29) is 36.2 Å². The van der Waals surface area contributed by atoms with Crippen molar-refractivity contribution in [3.8, 4) is 0 Å². The van der Waals surface area contributed by atoms with Crippen molar-refractivity contribution in [2.75, 3.05) is 54.9 Å². The highest BCUT2D eigenvalue weighted by atomic mass is 32.2. The Morgan fingerprint density at radius 3 is 2.56 bits per heavy atom. The Morgan fingerprint density at radius 2 is 1.85 bits per heavy atom. The zero-order valence-corrected chi connectivity index (χ0v) is 20.2. The number of nitrogens with zero attached hydrogens (tertiary/aromatic N) is 2. The van der Waals surface area contributed by atoms with Crippen LogP contribution in [-0.4, -0.2) is 63.9 Å². The van der Waals surface area contributed by atoms with Gasteiger partial charge in [0.15, 0.2) is 0 Å². The van der Waals surface area contributed by atoms with Crippen LogP contribution in [0.3, 0.4) is 0 Å². The highest BCUT2D eigenvalue weighted by Crippen LogP contribution is 2.35. The number of hydrogen-bond donors (Lipinski definition) is 2. The summed E-state index contributed by atoms with van der Waals surface area (Å²) in [6.45, 7) is 6.64. The normalized spacial score (nSPS) is 18.6. The Labute approximate surface area is 200 Å². The van der Waals surface area contributed by atoms with Gasteiger partial charge in [-0.05, 0) is 43.7 Å². The van der Waals surface area contributed by atoms with Gasteiger partial charge in [0.1, 0.15) is 0 Å². The molecule has 0 radical (unpaired) electrons. The van der Waals surface area contributed by atoms with Gasteiger partial charge in [0.25, 0.3) is 0 Å². The van der Waals surface area contributed by atoms with Crippen molar-refractivity contribution in [1.82, 2.24) is 4.31 Å². The number of para-hydroxylation sites is 1. The quantitative estimate of drug-likeness (QED) is 0.623. The molecule has 2 amide bonds. The number of nitrogens with one attached hydrogen (secondary N) is 2. The average Bonchev–Trinajstić information content (AvgIpc) is 2.85. The van der Waals surface area contributed by atoms with Gasteiger partial charge in [-0.3, -0.25) is 9.59 Å². The first-order chi connectivity index (χ1) is 16.3. The maximum Gasteiger partial charge on any atom is 0.243 e. The summed E-state index contributed by atoms with van der Waals surface area (Å²) in [5.41, 5.74) is 2.49. The first kappa shape index (κ1) is 24.2. The molecular formula is C24H30N4O5S.